The third kappa shape index (κ3) is 3.74. The Labute approximate surface area is 97.0 Å². The van der Waals surface area contributed by atoms with Crippen LogP contribution in [0.25, 0.3) is 0 Å². The van der Waals surface area contributed by atoms with Gasteiger partial charge in [0.15, 0.2) is 0 Å². The zero-order valence-corrected chi connectivity index (χ0v) is 8.93. The van der Waals surface area contributed by atoms with Gasteiger partial charge in [0.05, 0.1) is 0 Å². The van der Waals surface area contributed by atoms with Crippen molar-refractivity contribution < 1.29 is 0 Å². The normalized spacial score (nSPS) is 7.88. The molecule has 0 amide bonds. The van der Waals surface area contributed by atoms with Crippen LogP contribution in [0.3, 0.4) is 0 Å². The highest BCUT2D eigenvalue weighted by Gasteiger charge is 1.90. The molecule has 2 aromatic carbocycles. The van der Waals surface area contributed by atoms with E-state index < -0.39 is 0 Å². The average Bonchev–Trinajstić information content (AvgIpc) is 2.41. The summed E-state index contributed by atoms with van der Waals surface area (Å²) in [5.41, 5.74) is 1.56. The maximum atomic E-state index is 5.18. The van der Waals surface area contributed by atoms with Gasteiger partial charge in [-0.3, -0.25) is 0 Å². The molecule has 0 aromatic heterocycles. The molecule has 0 saturated heterocycles. The molecule has 0 aliphatic rings. The van der Waals surface area contributed by atoms with E-state index in [2.05, 4.69) is 11.8 Å². The van der Waals surface area contributed by atoms with Crippen molar-refractivity contribution in [3.8, 4) is 24.7 Å². The van der Waals surface area contributed by atoms with Crippen LogP contribution in [0.4, 0.5) is 0 Å². The molecule has 2 rings (SSSR count). The summed E-state index contributed by atoms with van der Waals surface area (Å²) in [7, 11) is 0. The molecule has 0 radical (unpaired) electrons. The Balaban J connectivity index is 0.000000181. The lowest BCUT2D eigenvalue weighted by atomic mass is 10.1. The Bertz CT molecular complexity index is 436. The van der Waals surface area contributed by atoms with Crippen molar-refractivity contribution in [3.63, 3.8) is 0 Å². The van der Waals surface area contributed by atoms with Gasteiger partial charge in [0.2, 0.25) is 0 Å². The van der Waals surface area contributed by atoms with Crippen molar-refractivity contribution in [2.45, 2.75) is 0 Å². The lowest BCUT2D eigenvalue weighted by molar-refractivity contribution is 1.59. The van der Waals surface area contributed by atoms with E-state index in [-0.39, 0.29) is 0 Å². The van der Waals surface area contributed by atoms with Crippen LogP contribution in [0, 0.1) is 24.7 Å². The molecular weight excluding hydrogens is 192 g/mol. The zero-order valence-electron chi connectivity index (χ0n) is 8.93. The predicted octanol–water partition coefficient (Wildman–Crippen LogP) is 3.34. The third-order valence-electron chi connectivity index (χ3n) is 1.90. The molecule has 0 atom stereocenters. The van der Waals surface area contributed by atoms with Crippen LogP contribution in [-0.4, -0.2) is 0 Å². The van der Waals surface area contributed by atoms with Gasteiger partial charge in [0.25, 0.3) is 0 Å². The minimum absolute atomic E-state index is 0.782. The molecule has 0 bridgehead atoms. The number of benzene rings is 2. The Morgan fingerprint density at radius 3 is 1.12 bits per heavy atom. The summed E-state index contributed by atoms with van der Waals surface area (Å²) < 4.78 is 0. The lowest BCUT2D eigenvalue weighted by Crippen LogP contribution is -1.79. The minimum atomic E-state index is 0.782. The maximum absolute atomic E-state index is 5.18. The largest absolute Gasteiger partial charge is 0.115 e. The predicted molar refractivity (Wildman–Crippen MR) is 68.8 cm³/mol. The van der Waals surface area contributed by atoms with Gasteiger partial charge in [-0.1, -0.05) is 60.4 Å². The first kappa shape index (κ1) is 11.6. The van der Waals surface area contributed by atoms with Gasteiger partial charge in [-0.25, -0.2) is 0 Å². The highest BCUT2D eigenvalue weighted by molar-refractivity contribution is 5.47. The minimum Gasteiger partial charge on any atom is -0.115 e. The van der Waals surface area contributed by atoms with Crippen LogP contribution >= 0.6 is 0 Å². The first-order valence-electron chi connectivity index (χ1n) is 4.90. The van der Waals surface area contributed by atoms with Gasteiger partial charge in [0.1, 0.15) is 0 Å². The quantitative estimate of drug-likeness (QED) is 0.577. The fourth-order valence-corrected chi connectivity index (χ4v) is 1.12. The molecule has 0 unspecified atom stereocenters. The lowest BCUT2D eigenvalue weighted by Gasteiger charge is -1.92. The first-order valence-corrected chi connectivity index (χ1v) is 4.90. The molecule has 0 saturated carbocycles. The van der Waals surface area contributed by atoms with E-state index in [0.29, 0.717) is 0 Å². The van der Waals surface area contributed by atoms with E-state index >= 15 is 0 Å². The Kier molecular flexibility index (Phi) is 5.04. The zero-order chi connectivity index (χ0) is 11.6. The smallest absolute Gasteiger partial charge is 0.0399 e. The van der Waals surface area contributed by atoms with Crippen LogP contribution < -0.4 is 0 Å². The molecule has 0 aliphatic carbocycles. The number of terminal acetylenes is 2. The van der Waals surface area contributed by atoms with Gasteiger partial charge in [-0.2, -0.15) is 0 Å². The molecule has 0 fully saturated rings. The summed E-state index contributed by atoms with van der Waals surface area (Å²) in [6, 6.07) is 19.4. The third-order valence-corrected chi connectivity index (χ3v) is 1.90. The SMILES string of the molecule is C#Cc1ccccc1C#C.c1ccccc1. The molecule has 0 nitrogen and oxygen atoms in total. The molecule has 76 valence electrons. The van der Waals surface area contributed by atoms with E-state index in [1.54, 1.807) is 0 Å². The molecule has 0 heterocycles. The van der Waals surface area contributed by atoms with Gasteiger partial charge >= 0.3 is 0 Å². The summed E-state index contributed by atoms with van der Waals surface area (Å²) in [4.78, 5) is 0. The Morgan fingerprint density at radius 2 is 0.875 bits per heavy atom. The van der Waals surface area contributed by atoms with Gasteiger partial charge in [-0.15, -0.1) is 12.8 Å². The average molecular weight is 204 g/mol. The second kappa shape index (κ2) is 6.93. The fraction of sp³-hybridized carbons (Fsp3) is 0. The van der Waals surface area contributed by atoms with Crippen LogP contribution in [-0.2, 0) is 0 Å². The standard InChI is InChI=1S/C10H6.C6H6/c1-3-9-7-5-6-8-10(9)4-2;1-2-4-6-5-3-1/h1-2,5-8H;1-6H. The van der Waals surface area contributed by atoms with Crippen LogP contribution in [0.5, 0.6) is 0 Å². The summed E-state index contributed by atoms with van der Waals surface area (Å²) in [6.45, 7) is 0. The molecule has 2 aromatic rings. The van der Waals surface area contributed by atoms with Crippen LogP contribution in [0.1, 0.15) is 11.1 Å². The second-order valence-electron chi connectivity index (χ2n) is 2.99. The molecule has 16 heavy (non-hydrogen) atoms. The number of hydrogen-bond acceptors (Lipinski definition) is 0. The van der Waals surface area contributed by atoms with E-state index in [4.69, 9.17) is 12.8 Å². The van der Waals surface area contributed by atoms with Crippen molar-refractivity contribution >= 4 is 0 Å². The van der Waals surface area contributed by atoms with Crippen molar-refractivity contribution in [1.29, 1.82) is 0 Å². The highest BCUT2D eigenvalue weighted by Crippen LogP contribution is 2.03. The van der Waals surface area contributed by atoms with Crippen LogP contribution in [0.2, 0.25) is 0 Å². The summed E-state index contributed by atoms with van der Waals surface area (Å²) in [5, 5.41) is 0. The van der Waals surface area contributed by atoms with Crippen molar-refractivity contribution in [2.24, 2.45) is 0 Å². The van der Waals surface area contributed by atoms with Crippen molar-refractivity contribution in [1.82, 2.24) is 0 Å². The van der Waals surface area contributed by atoms with E-state index in [1.807, 2.05) is 60.7 Å². The van der Waals surface area contributed by atoms with Crippen LogP contribution in [0.15, 0.2) is 60.7 Å². The second-order valence-corrected chi connectivity index (χ2v) is 2.99. The van der Waals surface area contributed by atoms with E-state index in [1.165, 1.54) is 0 Å². The number of hydrogen-bond donors (Lipinski definition) is 0. The van der Waals surface area contributed by atoms with Gasteiger partial charge in [0, 0.05) is 11.1 Å². The monoisotopic (exact) mass is 204 g/mol. The summed E-state index contributed by atoms with van der Waals surface area (Å²) in [5.74, 6) is 5.01. The number of rotatable bonds is 0. The first-order chi connectivity index (χ1) is 7.88. The molecule has 0 aliphatic heterocycles. The summed E-state index contributed by atoms with van der Waals surface area (Å²) >= 11 is 0. The Hall–Kier alpha value is -2.44. The van der Waals surface area contributed by atoms with Gasteiger partial charge < -0.3 is 0 Å². The molecular formula is C16H12. The maximum Gasteiger partial charge on any atom is 0.0399 e. The fourth-order valence-electron chi connectivity index (χ4n) is 1.12. The molecule has 0 N–H and O–H groups in total. The van der Waals surface area contributed by atoms with Gasteiger partial charge in [-0.05, 0) is 12.1 Å². The van der Waals surface area contributed by atoms with Crippen molar-refractivity contribution in [2.75, 3.05) is 0 Å². The van der Waals surface area contributed by atoms with Crippen molar-refractivity contribution in [3.05, 3.63) is 71.8 Å². The molecule has 0 spiro atoms. The van der Waals surface area contributed by atoms with E-state index in [0.717, 1.165) is 11.1 Å². The molecule has 0 heteroatoms. The topological polar surface area (TPSA) is 0 Å². The Morgan fingerprint density at radius 1 is 0.562 bits per heavy atom. The summed E-state index contributed by atoms with van der Waals surface area (Å²) in [6.07, 6.45) is 10.4. The van der Waals surface area contributed by atoms with E-state index in [9.17, 15) is 0 Å². The highest BCUT2D eigenvalue weighted by atomic mass is 13.9.